The van der Waals surface area contributed by atoms with E-state index in [4.69, 9.17) is 12.2 Å². The number of hydrogen-bond donors (Lipinski definition) is 0. The van der Waals surface area contributed by atoms with Crippen LogP contribution in [0.1, 0.15) is 5.56 Å². The van der Waals surface area contributed by atoms with E-state index < -0.39 is 0 Å². The van der Waals surface area contributed by atoms with E-state index >= 15 is 0 Å². The maximum Gasteiger partial charge on any atom is 0.270 e. The number of amides is 1. The normalized spacial score (nSPS) is 15.8. The SMILES string of the molecule is O=C1/C(=C\c2c3ccccc3cc3ccccc23)SC(=S)N1c1ccc(F)cc1. The van der Waals surface area contributed by atoms with Gasteiger partial charge in [0.1, 0.15) is 5.82 Å². The lowest BCUT2D eigenvalue weighted by atomic mass is 9.96. The highest BCUT2D eigenvalue weighted by molar-refractivity contribution is 8.27. The summed E-state index contributed by atoms with van der Waals surface area (Å²) >= 11 is 6.72. The second-order valence-corrected chi connectivity index (χ2v) is 8.40. The molecule has 0 radical (unpaired) electrons. The highest BCUT2D eigenvalue weighted by Crippen LogP contribution is 2.38. The zero-order chi connectivity index (χ0) is 20.0. The van der Waals surface area contributed by atoms with E-state index in [1.807, 2.05) is 30.3 Å². The van der Waals surface area contributed by atoms with Crippen molar-refractivity contribution in [1.82, 2.24) is 0 Å². The Kier molecular flexibility index (Phi) is 4.42. The molecule has 29 heavy (non-hydrogen) atoms. The van der Waals surface area contributed by atoms with Crippen LogP contribution in [0.4, 0.5) is 10.1 Å². The lowest BCUT2D eigenvalue weighted by Gasteiger charge is -2.14. The zero-order valence-electron chi connectivity index (χ0n) is 15.1. The molecule has 0 aromatic heterocycles. The number of rotatable bonds is 2. The topological polar surface area (TPSA) is 20.3 Å². The predicted octanol–water partition coefficient (Wildman–Crippen LogP) is 6.54. The molecule has 1 heterocycles. The Hall–Kier alpha value is -3.02. The number of fused-ring (bicyclic) bond motifs is 2. The Balaban J connectivity index is 1.67. The van der Waals surface area contributed by atoms with Crippen LogP contribution in [0.15, 0.2) is 83.8 Å². The van der Waals surface area contributed by atoms with E-state index in [-0.39, 0.29) is 11.7 Å². The van der Waals surface area contributed by atoms with Crippen LogP contribution in [0.3, 0.4) is 0 Å². The van der Waals surface area contributed by atoms with Crippen molar-refractivity contribution in [2.24, 2.45) is 0 Å². The highest BCUT2D eigenvalue weighted by atomic mass is 32.2. The third-order valence-corrected chi connectivity index (χ3v) is 6.27. The summed E-state index contributed by atoms with van der Waals surface area (Å²) in [6, 6.07) is 24.2. The van der Waals surface area contributed by atoms with Gasteiger partial charge in [-0.3, -0.25) is 9.69 Å². The molecule has 0 bridgehead atoms. The van der Waals surface area contributed by atoms with Crippen molar-refractivity contribution >= 4 is 67.5 Å². The minimum absolute atomic E-state index is 0.191. The number of anilines is 1. The molecule has 0 unspecified atom stereocenters. The van der Waals surface area contributed by atoms with E-state index in [0.717, 1.165) is 27.1 Å². The molecule has 0 spiro atoms. The first-order valence-electron chi connectivity index (χ1n) is 9.06. The number of benzene rings is 4. The lowest BCUT2D eigenvalue weighted by molar-refractivity contribution is -0.113. The molecule has 140 valence electrons. The van der Waals surface area contributed by atoms with Gasteiger partial charge in [-0.05, 0) is 63.5 Å². The number of nitrogens with zero attached hydrogens (tertiary/aromatic N) is 1. The van der Waals surface area contributed by atoms with Gasteiger partial charge in [0.15, 0.2) is 4.32 Å². The standard InChI is InChI=1S/C24H14FNOS2/c25-17-9-11-18(12-10-17)26-23(27)22(29-24(26)28)14-21-19-7-3-1-5-15(19)13-16-6-2-4-8-20(16)21/h1-14H/b22-14+. The molecular formula is C24H14FNOS2. The van der Waals surface area contributed by atoms with Crippen molar-refractivity contribution < 1.29 is 9.18 Å². The lowest BCUT2D eigenvalue weighted by Crippen LogP contribution is -2.27. The summed E-state index contributed by atoms with van der Waals surface area (Å²) < 4.78 is 13.7. The van der Waals surface area contributed by atoms with Gasteiger partial charge in [0.05, 0.1) is 10.6 Å². The second kappa shape index (κ2) is 7.10. The van der Waals surface area contributed by atoms with E-state index in [1.54, 1.807) is 12.1 Å². The summed E-state index contributed by atoms with van der Waals surface area (Å²) in [7, 11) is 0. The average molecular weight is 416 g/mol. The molecule has 0 atom stereocenters. The van der Waals surface area contributed by atoms with E-state index in [0.29, 0.717) is 14.9 Å². The summed E-state index contributed by atoms with van der Waals surface area (Å²) in [5.74, 6) is -0.541. The first-order valence-corrected chi connectivity index (χ1v) is 10.3. The maximum absolute atomic E-state index is 13.3. The van der Waals surface area contributed by atoms with Gasteiger partial charge in [0.2, 0.25) is 0 Å². The van der Waals surface area contributed by atoms with Crippen LogP contribution in [0.2, 0.25) is 0 Å². The van der Waals surface area contributed by atoms with Crippen molar-refractivity contribution in [3.63, 3.8) is 0 Å². The summed E-state index contributed by atoms with van der Waals surface area (Å²) in [4.78, 5) is 15.1. The minimum atomic E-state index is -0.350. The van der Waals surface area contributed by atoms with E-state index in [1.165, 1.54) is 28.8 Å². The van der Waals surface area contributed by atoms with Gasteiger partial charge in [0.25, 0.3) is 5.91 Å². The fourth-order valence-corrected chi connectivity index (χ4v) is 4.90. The Morgan fingerprint density at radius 1 is 0.862 bits per heavy atom. The molecule has 2 nitrogen and oxygen atoms in total. The van der Waals surface area contributed by atoms with Crippen LogP contribution in [-0.4, -0.2) is 10.2 Å². The molecule has 4 aromatic carbocycles. The van der Waals surface area contributed by atoms with Crippen LogP contribution in [0, 0.1) is 5.82 Å². The zero-order valence-corrected chi connectivity index (χ0v) is 16.8. The molecule has 1 fully saturated rings. The monoisotopic (exact) mass is 415 g/mol. The van der Waals surface area contributed by atoms with Crippen LogP contribution in [-0.2, 0) is 4.79 Å². The molecule has 0 saturated carbocycles. The summed E-state index contributed by atoms with van der Waals surface area (Å²) in [6.45, 7) is 0. The summed E-state index contributed by atoms with van der Waals surface area (Å²) in [6.07, 6.45) is 1.92. The maximum atomic E-state index is 13.3. The fourth-order valence-electron chi connectivity index (χ4n) is 3.62. The Morgan fingerprint density at radius 3 is 2.07 bits per heavy atom. The fraction of sp³-hybridized carbons (Fsp3) is 0. The molecular weight excluding hydrogens is 401 g/mol. The number of thioether (sulfide) groups is 1. The van der Waals surface area contributed by atoms with Crippen LogP contribution in [0.5, 0.6) is 0 Å². The van der Waals surface area contributed by atoms with Crippen LogP contribution < -0.4 is 4.90 Å². The number of carbonyl (C=O) groups is 1. The Labute approximate surface area is 176 Å². The average Bonchev–Trinajstić information content (AvgIpc) is 3.01. The molecule has 0 N–H and O–H groups in total. The smallest absolute Gasteiger partial charge is 0.268 e. The Bertz CT molecular complexity index is 1270. The van der Waals surface area contributed by atoms with Crippen molar-refractivity contribution in [2.45, 2.75) is 0 Å². The van der Waals surface area contributed by atoms with Gasteiger partial charge in [-0.25, -0.2) is 4.39 Å². The second-order valence-electron chi connectivity index (χ2n) is 6.73. The Morgan fingerprint density at radius 2 is 1.45 bits per heavy atom. The predicted molar refractivity (Wildman–Crippen MR) is 124 cm³/mol. The summed E-state index contributed by atoms with van der Waals surface area (Å²) in [5.41, 5.74) is 1.57. The van der Waals surface area contributed by atoms with E-state index in [9.17, 15) is 9.18 Å². The van der Waals surface area contributed by atoms with Gasteiger partial charge >= 0.3 is 0 Å². The molecule has 1 aliphatic heterocycles. The van der Waals surface area contributed by atoms with Gasteiger partial charge in [0, 0.05) is 0 Å². The van der Waals surface area contributed by atoms with Gasteiger partial charge in [-0.1, -0.05) is 72.5 Å². The van der Waals surface area contributed by atoms with Crippen molar-refractivity contribution in [3.05, 3.63) is 95.1 Å². The quantitative estimate of drug-likeness (QED) is 0.211. The molecule has 1 aliphatic rings. The minimum Gasteiger partial charge on any atom is -0.268 e. The molecule has 4 aromatic rings. The van der Waals surface area contributed by atoms with Crippen molar-refractivity contribution in [3.8, 4) is 0 Å². The highest BCUT2D eigenvalue weighted by Gasteiger charge is 2.33. The van der Waals surface area contributed by atoms with Gasteiger partial charge < -0.3 is 0 Å². The first kappa shape index (κ1) is 18.0. The van der Waals surface area contributed by atoms with Crippen molar-refractivity contribution in [1.29, 1.82) is 0 Å². The third-order valence-electron chi connectivity index (χ3n) is 4.97. The number of hydrogen-bond acceptors (Lipinski definition) is 3. The van der Waals surface area contributed by atoms with E-state index in [2.05, 4.69) is 30.3 Å². The first-order chi connectivity index (χ1) is 14.1. The largest absolute Gasteiger partial charge is 0.270 e. The number of halogens is 1. The molecule has 5 heteroatoms. The molecule has 0 aliphatic carbocycles. The molecule has 1 amide bonds. The summed E-state index contributed by atoms with van der Waals surface area (Å²) in [5, 5.41) is 4.40. The number of carbonyl (C=O) groups excluding carboxylic acids is 1. The third kappa shape index (κ3) is 3.12. The van der Waals surface area contributed by atoms with Crippen LogP contribution in [0.25, 0.3) is 27.6 Å². The van der Waals surface area contributed by atoms with Crippen LogP contribution >= 0.6 is 24.0 Å². The van der Waals surface area contributed by atoms with Gasteiger partial charge in [-0.15, -0.1) is 0 Å². The van der Waals surface area contributed by atoms with Gasteiger partial charge in [-0.2, -0.15) is 0 Å². The molecule has 1 saturated heterocycles. The van der Waals surface area contributed by atoms with Crippen molar-refractivity contribution in [2.75, 3.05) is 4.90 Å². The molecule has 5 rings (SSSR count). The number of thiocarbonyl (C=S) groups is 1.